The number of alkyl halides is 3. The normalized spacial score (nSPS) is 11.7. The second-order valence-electron chi connectivity index (χ2n) is 6.25. The number of carbonyl (C=O) groups is 1. The molecule has 0 aliphatic carbocycles. The summed E-state index contributed by atoms with van der Waals surface area (Å²) in [6.07, 6.45) is -2.99. The number of aromatic nitrogens is 3. The summed E-state index contributed by atoms with van der Waals surface area (Å²) in [5.41, 5.74) is -2.41. The van der Waals surface area contributed by atoms with Crippen LogP contribution in [-0.4, -0.2) is 36.6 Å². The zero-order valence-corrected chi connectivity index (χ0v) is 17.2. The average Bonchev–Trinajstić information content (AvgIpc) is 2.74. The first-order chi connectivity index (χ1) is 15.4. The van der Waals surface area contributed by atoms with Gasteiger partial charge in [0, 0.05) is 12.3 Å². The highest BCUT2D eigenvalue weighted by Crippen LogP contribution is 2.35. The molecule has 1 aromatic carbocycles. The number of benzene rings is 1. The van der Waals surface area contributed by atoms with Crippen LogP contribution in [0.25, 0.3) is 0 Å². The lowest BCUT2D eigenvalue weighted by Gasteiger charge is -2.14. The van der Waals surface area contributed by atoms with Crippen LogP contribution in [0.4, 0.5) is 23.2 Å². The number of ether oxygens (including phenoxy) is 2. The topological polar surface area (TPSA) is 146 Å². The van der Waals surface area contributed by atoms with Crippen molar-refractivity contribution in [2.45, 2.75) is 11.1 Å². The van der Waals surface area contributed by atoms with Gasteiger partial charge in [-0.2, -0.15) is 13.2 Å². The molecule has 0 saturated carbocycles. The molecule has 10 nitrogen and oxygen atoms in total. The van der Waals surface area contributed by atoms with Crippen LogP contribution < -0.4 is 19.9 Å². The number of anilines is 1. The zero-order valence-electron chi connectivity index (χ0n) is 16.4. The van der Waals surface area contributed by atoms with Gasteiger partial charge in [0.2, 0.25) is 10.0 Å². The molecule has 0 bridgehead atoms. The molecule has 174 valence electrons. The number of sulfonamides is 1. The average molecular weight is 487 g/mol. The maximum atomic E-state index is 13.4. The van der Waals surface area contributed by atoms with E-state index in [0.29, 0.717) is 6.07 Å². The Morgan fingerprint density at radius 2 is 1.82 bits per heavy atom. The Balaban J connectivity index is 2.02. The van der Waals surface area contributed by atoms with Gasteiger partial charge in [-0.25, -0.2) is 17.9 Å². The van der Waals surface area contributed by atoms with Crippen LogP contribution in [0, 0.1) is 5.82 Å². The first kappa shape index (κ1) is 23.8. The van der Waals surface area contributed by atoms with Crippen molar-refractivity contribution in [3.05, 3.63) is 59.8 Å². The van der Waals surface area contributed by atoms with Crippen LogP contribution in [0.15, 0.2) is 47.6 Å². The van der Waals surface area contributed by atoms with Crippen LogP contribution >= 0.6 is 0 Å². The van der Waals surface area contributed by atoms with Crippen molar-refractivity contribution in [1.82, 2.24) is 15.2 Å². The number of methoxy groups -OCH3 is 1. The molecule has 0 spiro atoms. The number of nitrogens with two attached hydrogens (primary N) is 1. The Morgan fingerprint density at radius 1 is 1.09 bits per heavy atom. The number of halogens is 4. The summed E-state index contributed by atoms with van der Waals surface area (Å²) in [6.45, 7) is 0. The fourth-order valence-electron chi connectivity index (χ4n) is 2.43. The van der Waals surface area contributed by atoms with Crippen molar-refractivity contribution in [2.24, 2.45) is 5.14 Å². The number of nitrogens with zero attached hydrogens (tertiary/aromatic N) is 3. The van der Waals surface area contributed by atoms with E-state index in [-0.39, 0.29) is 17.2 Å². The minimum atomic E-state index is -4.94. The standard InChI is InChI=1S/C18H13F4N5O5S/c1-31-14-4-9(19)2-3-13(14)32-17-12(6-15(26-27-17)18(20,21)22)16(28)25-10-5-11(8-24-7-10)33(23,29)30/h2-8H,1H3,(H,25,28)(H2,23,29,30). The van der Waals surface area contributed by atoms with Gasteiger partial charge in [-0.3, -0.25) is 9.78 Å². The lowest BCUT2D eigenvalue weighted by atomic mass is 10.2. The number of rotatable bonds is 6. The predicted octanol–water partition coefficient (Wildman–Crippen LogP) is 2.73. The third-order valence-corrected chi connectivity index (χ3v) is 4.81. The third kappa shape index (κ3) is 5.69. The zero-order chi connectivity index (χ0) is 24.4. The van der Waals surface area contributed by atoms with Gasteiger partial charge in [0.15, 0.2) is 17.2 Å². The molecule has 0 unspecified atom stereocenters. The Hall–Kier alpha value is -3.85. The van der Waals surface area contributed by atoms with Crippen molar-refractivity contribution in [3.8, 4) is 17.4 Å². The van der Waals surface area contributed by atoms with Crippen molar-refractivity contribution >= 4 is 21.6 Å². The number of pyridine rings is 1. The molecule has 0 atom stereocenters. The summed E-state index contributed by atoms with van der Waals surface area (Å²) < 4.78 is 86.1. The van der Waals surface area contributed by atoms with E-state index in [1.807, 2.05) is 0 Å². The van der Waals surface area contributed by atoms with Crippen molar-refractivity contribution < 1.29 is 40.2 Å². The predicted molar refractivity (Wildman–Crippen MR) is 104 cm³/mol. The first-order valence-corrected chi connectivity index (χ1v) is 10.2. The molecular weight excluding hydrogens is 474 g/mol. The number of hydrogen-bond donors (Lipinski definition) is 2. The van der Waals surface area contributed by atoms with Crippen molar-refractivity contribution in [2.75, 3.05) is 12.4 Å². The highest BCUT2D eigenvalue weighted by Gasteiger charge is 2.35. The van der Waals surface area contributed by atoms with E-state index < -0.39 is 50.0 Å². The highest BCUT2D eigenvalue weighted by molar-refractivity contribution is 7.89. The molecular formula is C18H13F4N5O5S. The van der Waals surface area contributed by atoms with Crippen LogP contribution in [-0.2, 0) is 16.2 Å². The fraction of sp³-hybridized carbons (Fsp3) is 0.111. The van der Waals surface area contributed by atoms with Crippen LogP contribution in [0.3, 0.4) is 0 Å². The fourth-order valence-corrected chi connectivity index (χ4v) is 2.93. The summed E-state index contributed by atoms with van der Waals surface area (Å²) in [4.78, 5) is 15.9. The molecule has 1 amide bonds. The van der Waals surface area contributed by atoms with Gasteiger partial charge in [0.25, 0.3) is 11.8 Å². The minimum Gasteiger partial charge on any atom is -0.493 e. The molecule has 3 aromatic rings. The monoisotopic (exact) mass is 487 g/mol. The van der Waals surface area contributed by atoms with Crippen molar-refractivity contribution in [1.29, 1.82) is 0 Å². The van der Waals surface area contributed by atoms with E-state index in [9.17, 15) is 30.8 Å². The molecule has 2 heterocycles. The molecule has 0 saturated heterocycles. The lowest BCUT2D eigenvalue weighted by Crippen LogP contribution is -2.18. The second kappa shape index (κ2) is 8.95. The maximum absolute atomic E-state index is 13.4. The quantitative estimate of drug-likeness (QED) is 0.505. The van der Waals surface area contributed by atoms with Crippen LogP contribution in [0.2, 0.25) is 0 Å². The van der Waals surface area contributed by atoms with E-state index >= 15 is 0 Å². The molecule has 3 rings (SSSR count). The second-order valence-corrected chi connectivity index (χ2v) is 7.81. The summed E-state index contributed by atoms with van der Waals surface area (Å²) in [5, 5.41) is 13.5. The van der Waals surface area contributed by atoms with E-state index in [1.165, 1.54) is 7.11 Å². The molecule has 0 aliphatic heterocycles. The van der Waals surface area contributed by atoms with Gasteiger partial charge < -0.3 is 14.8 Å². The summed E-state index contributed by atoms with van der Waals surface area (Å²) in [7, 11) is -2.97. The molecule has 33 heavy (non-hydrogen) atoms. The van der Waals surface area contributed by atoms with Gasteiger partial charge >= 0.3 is 6.18 Å². The summed E-state index contributed by atoms with van der Waals surface area (Å²) in [6, 6.07) is 4.36. The molecule has 2 aromatic heterocycles. The number of hydrogen-bond acceptors (Lipinski definition) is 8. The Bertz CT molecular complexity index is 1320. The van der Waals surface area contributed by atoms with E-state index in [0.717, 1.165) is 36.7 Å². The molecule has 3 N–H and O–H groups in total. The van der Waals surface area contributed by atoms with Gasteiger partial charge in [0.1, 0.15) is 16.3 Å². The Labute approximate surface area is 183 Å². The van der Waals surface area contributed by atoms with Crippen LogP contribution in [0.1, 0.15) is 16.1 Å². The van der Waals surface area contributed by atoms with Crippen molar-refractivity contribution in [3.63, 3.8) is 0 Å². The van der Waals surface area contributed by atoms with Gasteiger partial charge in [-0.1, -0.05) is 0 Å². The Morgan fingerprint density at radius 3 is 2.45 bits per heavy atom. The molecule has 0 aliphatic rings. The minimum absolute atomic E-state index is 0.131. The summed E-state index contributed by atoms with van der Waals surface area (Å²) in [5.74, 6) is -2.81. The van der Waals surface area contributed by atoms with Gasteiger partial charge in [0.05, 0.1) is 19.0 Å². The number of primary sulfonamides is 1. The van der Waals surface area contributed by atoms with Crippen LogP contribution in [0.5, 0.6) is 17.4 Å². The third-order valence-electron chi connectivity index (χ3n) is 3.93. The SMILES string of the molecule is COc1cc(F)ccc1Oc1nnc(C(F)(F)F)cc1C(=O)Nc1cncc(S(N)(=O)=O)c1. The number of carbonyl (C=O) groups excluding carboxylic acids is 1. The first-order valence-electron chi connectivity index (χ1n) is 8.64. The lowest BCUT2D eigenvalue weighted by molar-refractivity contribution is -0.141. The molecule has 0 fully saturated rings. The van der Waals surface area contributed by atoms with E-state index in [4.69, 9.17) is 14.6 Å². The Kier molecular flexibility index (Phi) is 6.46. The van der Waals surface area contributed by atoms with E-state index in [1.54, 1.807) is 0 Å². The number of nitrogens with one attached hydrogen (secondary N) is 1. The molecule has 0 radical (unpaired) electrons. The smallest absolute Gasteiger partial charge is 0.435 e. The number of amides is 1. The highest BCUT2D eigenvalue weighted by atomic mass is 32.2. The largest absolute Gasteiger partial charge is 0.493 e. The van der Waals surface area contributed by atoms with E-state index in [2.05, 4.69) is 20.5 Å². The maximum Gasteiger partial charge on any atom is 0.435 e. The van der Waals surface area contributed by atoms with Gasteiger partial charge in [-0.05, 0) is 24.3 Å². The summed E-state index contributed by atoms with van der Waals surface area (Å²) >= 11 is 0. The van der Waals surface area contributed by atoms with Gasteiger partial charge in [-0.15, -0.1) is 10.2 Å². The molecule has 15 heteroatoms.